The normalized spacial score (nSPS) is 10.3. The first kappa shape index (κ1) is 18.7. The van der Waals surface area contributed by atoms with Gasteiger partial charge in [0.1, 0.15) is 5.75 Å². The van der Waals surface area contributed by atoms with Gasteiger partial charge in [-0.05, 0) is 30.7 Å². The molecule has 1 amide bonds. The minimum Gasteiger partial charge on any atom is -0.484 e. The number of carbonyl (C=O) groups excluding carboxylic acids is 2. The SMILES string of the molecule is CCCCCCNC(=O)COc1ccc(C(=O)c2ccccc2)cc1. The Labute approximate surface area is 149 Å². The highest BCUT2D eigenvalue weighted by molar-refractivity contribution is 6.08. The van der Waals surface area contributed by atoms with Crippen molar-refractivity contribution in [3.63, 3.8) is 0 Å². The maximum Gasteiger partial charge on any atom is 0.257 e. The number of ether oxygens (including phenoxy) is 1. The fraction of sp³-hybridized carbons (Fsp3) is 0.333. The van der Waals surface area contributed by atoms with Crippen molar-refractivity contribution in [1.82, 2.24) is 5.32 Å². The van der Waals surface area contributed by atoms with Crippen LogP contribution in [0.3, 0.4) is 0 Å². The van der Waals surface area contributed by atoms with E-state index in [4.69, 9.17) is 4.74 Å². The van der Waals surface area contributed by atoms with Crippen molar-refractivity contribution < 1.29 is 14.3 Å². The Balaban J connectivity index is 1.77. The molecule has 2 rings (SSSR count). The number of hydrogen-bond donors (Lipinski definition) is 1. The molecule has 4 heteroatoms. The lowest BCUT2D eigenvalue weighted by Crippen LogP contribution is -2.29. The Morgan fingerprint density at radius 2 is 1.56 bits per heavy atom. The summed E-state index contributed by atoms with van der Waals surface area (Å²) in [6.07, 6.45) is 4.50. The van der Waals surface area contributed by atoms with Gasteiger partial charge in [0, 0.05) is 17.7 Å². The summed E-state index contributed by atoms with van der Waals surface area (Å²) in [6.45, 7) is 2.83. The van der Waals surface area contributed by atoms with Crippen molar-refractivity contribution in [2.75, 3.05) is 13.2 Å². The average molecular weight is 339 g/mol. The predicted octanol–water partition coefficient (Wildman–Crippen LogP) is 3.99. The van der Waals surface area contributed by atoms with E-state index >= 15 is 0 Å². The molecule has 1 N–H and O–H groups in total. The van der Waals surface area contributed by atoms with Crippen LogP contribution in [0.4, 0.5) is 0 Å². The third kappa shape index (κ3) is 6.42. The summed E-state index contributed by atoms with van der Waals surface area (Å²) in [6, 6.07) is 16.0. The van der Waals surface area contributed by atoms with Gasteiger partial charge < -0.3 is 10.1 Å². The zero-order valence-electron chi connectivity index (χ0n) is 14.7. The maximum absolute atomic E-state index is 12.3. The molecule has 132 valence electrons. The summed E-state index contributed by atoms with van der Waals surface area (Å²) in [5, 5.41) is 2.84. The number of nitrogens with one attached hydrogen (secondary N) is 1. The minimum absolute atomic E-state index is 0.0141. The fourth-order valence-corrected chi connectivity index (χ4v) is 2.44. The van der Waals surface area contributed by atoms with Crippen LogP contribution in [0, 0.1) is 0 Å². The zero-order chi connectivity index (χ0) is 17.9. The highest BCUT2D eigenvalue weighted by atomic mass is 16.5. The molecule has 25 heavy (non-hydrogen) atoms. The first-order valence-corrected chi connectivity index (χ1v) is 8.80. The van der Waals surface area contributed by atoms with Crippen molar-refractivity contribution in [3.8, 4) is 5.75 Å². The van der Waals surface area contributed by atoms with Crippen LogP contribution in [-0.4, -0.2) is 24.8 Å². The number of hydrogen-bond acceptors (Lipinski definition) is 3. The summed E-state index contributed by atoms with van der Waals surface area (Å²) < 4.78 is 5.46. The van der Waals surface area contributed by atoms with Gasteiger partial charge in [0.15, 0.2) is 12.4 Å². The Morgan fingerprint density at radius 3 is 2.24 bits per heavy atom. The lowest BCUT2D eigenvalue weighted by molar-refractivity contribution is -0.123. The van der Waals surface area contributed by atoms with Crippen LogP contribution >= 0.6 is 0 Å². The van der Waals surface area contributed by atoms with Crippen LogP contribution in [0.15, 0.2) is 54.6 Å². The van der Waals surface area contributed by atoms with Gasteiger partial charge in [-0.15, -0.1) is 0 Å². The number of unbranched alkanes of at least 4 members (excludes halogenated alkanes) is 3. The summed E-state index contributed by atoms with van der Waals surface area (Å²) in [5.41, 5.74) is 1.25. The smallest absolute Gasteiger partial charge is 0.257 e. The molecular weight excluding hydrogens is 314 g/mol. The summed E-state index contributed by atoms with van der Waals surface area (Å²) in [5.74, 6) is 0.420. The molecule has 0 radical (unpaired) electrons. The van der Waals surface area contributed by atoms with E-state index in [2.05, 4.69) is 12.2 Å². The van der Waals surface area contributed by atoms with Crippen LogP contribution in [0.25, 0.3) is 0 Å². The summed E-state index contributed by atoms with van der Waals surface area (Å²) in [7, 11) is 0. The van der Waals surface area contributed by atoms with E-state index in [1.165, 1.54) is 12.8 Å². The molecule has 0 aliphatic heterocycles. The van der Waals surface area contributed by atoms with Crippen molar-refractivity contribution in [1.29, 1.82) is 0 Å². The van der Waals surface area contributed by atoms with Crippen LogP contribution in [0.2, 0.25) is 0 Å². The van der Waals surface area contributed by atoms with E-state index in [-0.39, 0.29) is 18.3 Å². The molecule has 0 aliphatic rings. The molecule has 4 nitrogen and oxygen atoms in total. The van der Waals surface area contributed by atoms with Crippen LogP contribution in [-0.2, 0) is 4.79 Å². The van der Waals surface area contributed by atoms with Crippen LogP contribution < -0.4 is 10.1 Å². The minimum atomic E-state index is -0.124. The van der Waals surface area contributed by atoms with Crippen molar-refractivity contribution >= 4 is 11.7 Å². The first-order valence-electron chi connectivity index (χ1n) is 8.80. The third-order valence-electron chi connectivity index (χ3n) is 3.87. The largest absolute Gasteiger partial charge is 0.484 e. The van der Waals surface area contributed by atoms with Gasteiger partial charge in [0.05, 0.1) is 0 Å². The van der Waals surface area contributed by atoms with Crippen LogP contribution in [0.5, 0.6) is 5.75 Å². The second-order valence-corrected chi connectivity index (χ2v) is 5.92. The van der Waals surface area contributed by atoms with E-state index in [9.17, 15) is 9.59 Å². The molecule has 0 aromatic heterocycles. The lowest BCUT2D eigenvalue weighted by Gasteiger charge is -2.08. The highest BCUT2D eigenvalue weighted by Gasteiger charge is 2.09. The van der Waals surface area contributed by atoms with Gasteiger partial charge >= 0.3 is 0 Å². The van der Waals surface area contributed by atoms with E-state index in [1.807, 2.05) is 18.2 Å². The molecular formula is C21H25NO3. The fourth-order valence-electron chi connectivity index (χ4n) is 2.44. The van der Waals surface area contributed by atoms with Gasteiger partial charge in [-0.25, -0.2) is 0 Å². The van der Waals surface area contributed by atoms with Crippen molar-refractivity contribution in [3.05, 3.63) is 65.7 Å². The average Bonchev–Trinajstić information content (AvgIpc) is 2.67. The Morgan fingerprint density at radius 1 is 0.880 bits per heavy atom. The number of carbonyl (C=O) groups is 2. The maximum atomic E-state index is 12.3. The van der Waals surface area contributed by atoms with Gasteiger partial charge in [-0.1, -0.05) is 56.5 Å². The standard InChI is InChI=1S/C21H25NO3/c1-2-3-4-8-15-22-20(23)16-25-19-13-11-18(12-14-19)21(24)17-9-6-5-7-10-17/h5-7,9-14H,2-4,8,15-16H2,1H3,(H,22,23). The molecule has 0 saturated carbocycles. The Kier molecular flexibility index (Phi) is 7.70. The van der Waals surface area contributed by atoms with E-state index in [0.717, 1.165) is 12.8 Å². The van der Waals surface area contributed by atoms with Gasteiger partial charge in [0.2, 0.25) is 0 Å². The summed E-state index contributed by atoms with van der Waals surface area (Å²) in [4.78, 5) is 24.0. The highest BCUT2D eigenvalue weighted by Crippen LogP contribution is 2.15. The van der Waals surface area contributed by atoms with Gasteiger partial charge in [-0.3, -0.25) is 9.59 Å². The monoisotopic (exact) mass is 339 g/mol. The number of benzene rings is 2. The van der Waals surface area contributed by atoms with E-state index in [0.29, 0.717) is 23.4 Å². The van der Waals surface area contributed by atoms with Crippen LogP contribution in [0.1, 0.15) is 48.5 Å². The van der Waals surface area contributed by atoms with Gasteiger partial charge in [0.25, 0.3) is 5.91 Å². The Hall–Kier alpha value is -2.62. The van der Waals surface area contributed by atoms with Crippen molar-refractivity contribution in [2.24, 2.45) is 0 Å². The molecule has 0 saturated heterocycles. The molecule has 2 aromatic rings. The third-order valence-corrected chi connectivity index (χ3v) is 3.87. The molecule has 0 bridgehead atoms. The number of ketones is 1. The van der Waals surface area contributed by atoms with E-state index < -0.39 is 0 Å². The lowest BCUT2D eigenvalue weighted by atomic mass is 10.0. The second-order valence-electron chi connectivity index (χ2n) is 5.92. The molecule has 0 spiro atoms. The van der Waals surface area contributed by atoms with E-state index in [1.54, 1.807) is 36.4 Å². The summed E-state index contributed by atoms with van der Waals surface area (Å²) >= 11 is 0. The Bertz CT molecular complexity index is 665. The molecule has 0 atom stereocenters. The topological polar surface area (TPSA) is 55.4 Å². The van der Waals surface area contributed by atoms with Gasteiger partial charge in [-0.2, -0.15) is 0 Å². The molecule has 0 fully saturated rings. The zero-order valence-corrected chi connectivity index (χ0v) is 14.7. The van der Waals surface area contributed by atoms with Crippen molar-refractivity contribution in [2.45, 2.75) is 32.6 Å². The second kappa shape index (κ2) is 10.3. The molecule has 0 unspecified atom stereocenters. The number of amides is 1. The number of rotatable bonds is 10. The molecule has 2 aromatic carbocycles. The molecule has 0 heterocycles. The molecule has 0 aliphatic carbocycles. The predicted molar refractivity (Wildman–Crippen MR) is 99.0 cm³/mol. The quantitative estimate of drug-likeness (QED) is 0.526. The first-order chi connectivity index (χ1) is 12.2.